The molecule has 5 nitrogen and oxygen atoms in total. The Morgan fingerprint density at radius 3 is 2.38 bits per heavy atom. The zero-order valence-corrected chi connectivity index (χ0v) is 16.7. The van der Waals surface area contributed by atoms with Crippen molar-refractivity contribution in [3.63, 3.8) is 0 Å². The van der Waals surface area contributed by atoms with Crippen LogP contribution in [-0.2, 0) is 6.42 Å². The van der Waals surface area contributed by atoms with E-state index in [0.717, 1.165) is 10.7 Å². The number of hydrogen-bond acceptors (Lipinski definition) is 5. The normalized spacial score (nSPS) is 16.9. The van der Waals surface area contributed by atoms with Crippen LogP contribution in [0.3, 0.4) is 0 Å². The van der Waals surface area contributed by atoms with Crippen LogP contribution in [0, 0.1) is 11.6 Å². The molecule has 1 aliphatic heterocycles. The fourth-order valence-electron chi connectivity index (χ4n) is 3.42. The van der Waals surface area contributed by atoms with Gasteiger partial charge in [0.15, 0.2) is 0 Å². The lowest BCUT2D eigenvalue weighted by molar-refractivity contribution is 0.0674. The zero-order valence-electron chi connectivity index (χ0n) is 15.9. The molecule has 1 saturated heterocycles. The second kappa shape index (κ2) is 8.24. The van der Waals surface area contributed by atoms with Crippen LogP contribution in [0.25, 0.3) is 0 Å². The van der Waals surface area contributed by atoms with Crippen molar-refractivity contribution in [1.29, 1.82) is 0 Å². The molecule has 1 atom stereocenters. The summed E-state index contributed by atoms with van der Waals surface area (Å²) in [5.41, 5.74) is 1.45. The van der Waals surface area contributed by atoms with Crippen molar-refractivity contribution >= 4 is 22.6 Å². The highest BCUT2D eigenvalue weighted by Crippen LogP contribution is 2.23. The number of anilines is 1. The molecular formula is C21H20F2N4OS. The number of nitrogens with zero attached hydrogens (tertiary/aromatic N) is 4. The Bertz CT molecular complexity index is 991. The summed E-state index contributed by atoms with van der Waals surface area (Å²) in [4.78, 5) is 21.3. The van der Waals surface area contributed by atoms with Crippen molar-refractivity contribution in [1.82, 2.24) is 14.3 Å². The highest BCUT2D eigenvalue weighted by atomic mass is 32.1. The maximum atomic E-state index is 13.1. The lowest BCUT2D eigenvalue weighted by atomic mass is 10.1. The van der Waals surface area contributed by atoms with Gasteiger partial charge in [0.2, 0.25) is 5.13 Å². The van der Waals surface area contributed by atoms with Gasteiger partial charge in [0, 0.05) is 49.2 Å². The maximum absolute atomic E-state index is 13.1. The molecule has 0 bridgehead atoms. The van der Waals surface area contributed by atoms with Gasteiger partial charge in [-0.1, -0.05) is 12.1 Å². The van der Waals surface area contributed by atoms with E-state index in [1.54, 1.807) is 12.1 Å². The highest BCUT2D eigenvalue weighted by molar-refractivity contribution is 7.09. The van der Waals surface area contributed by atoms with Crippen LogP contribution in [0.5, 0.6) is 0 Å². The molecule has 1 amide bonds. The number of piperazine rings is 1. The van der Waals surface area contributed by atoms with E-state index in [1.165, 1.54) is 47.9 Å². The molecule has 0 aliphatic carbocycles. The van der Waals surface area contributed by atoms with Gasteiger partial charge in [-0.3, -0.25) is 4.79 Å². The Morgan fingerprint density at radius 1 is 1.07 bits per heavy atom. The molecule has 0 N–H and O–H groups in total. The summed E-state index contributed by atoms with van der Waals surface area (Å²) in [5.74, 6) is -0.00431. The third-order valence-corrected chi connectivity index (χ3v) is 5.80. The van der Waals surface area contributed by atoms with E-state index in [-0.39, 0.29) is 23.6 Å². The minimum atomic E-state index is -0.355. The van der Waals surface area contributed by atoms with E-state index in [0.29, 0.717) is 37.4 Å². The summed E-state index contributed by atoms with van der Waals surface area (Å²) in [6.45, 7) is 3.86. The zero-order chi connectivity index (χ0) is 20.4. The molecular weight excluding hydrogens is 394 g/mol. The molecule has 1 unspecified atom stereocenters. The predicted molar refractivity (Wildman–Crippen MR) is 108 cm³/mol. The van der Waals surface area contributed by atoms with Crippen molar-refractivity contribution in [3.8, 4) is 0 Å². The first-order valence-corrected chi connectivity index (χ1v) is 10.2. The van der Waals surface area contributed by atoms with E-state index in [9.17, 15) is 13.6 Å². The van der Waals surface area contributed by atoms with Crippen molar-refractivity contribution in [2.75, 3.05) is 24.5 Å². The maximum Gasteiger partial charge on any atom is 0.254 e. The largest absolute Gasteiger partial charge is 0.343 e. The molecule has 1 aliphatic rings. The highest BCUT2D eigenvalue weighted by Gasteiger charge is 2.29. The first-order valence-electron chi connectivity index (χ1n) is 9.38. The molecule has 1 aromatic heterocycles. The molecule has 1 fully saturated rings. The van der Waals surface area contributed by atoms with E-state index in [4.69, 9.17) is 0 Å². The lowest BCUT2D eigenvalue weighted by Crippen LogP contribution is -2.54. The van der Waals surface area contributed by atoms with Gasteiger partial charge in [-0.05, 0) is 48.9 Å². The SMILES string of the molecule is CC1CN(c2nc(Cc3ccc(F)cc3)ns2)CCN1C(=O)c1ccc(F)cc1. The van der Waals surface area contributed by atoms with Gasteiger partial charge in [0.25, 0.3) is 5.91 Å². The average Bonchev–Trinajstić information content (AvgIpc) is 3.18. The standard InChI is InChI=1S/C21H20F2N4OS/c1-14-13-26(10-11-27(14)20(28)16-4-8-18(23)9-5-16)21-24-19(25-29-21)12-15-2-6-17(22)7-3-15/h2-9,14H,10-13H2,1H3. The Hall–Kier alpha value is -2.87. The van der Waals surface area contributed by atoms with Gasteiger partial charge in [-0.2, -0.15) is 4.37 Å². The molecule has 2 heterocycles. The number of carbonyl (C=O) groups excluding carboxylic acids is 1. The van der Waals surface area contributed by atoms with E-state index in [1.807, 2.05) is 11.8 Å². The van der Waals surface area contributed by atoms with Crippen molar-refractivity contribution in [3.05, 3.63) is 77.1 Å². The van der Waals surface area contributed by atoms with E-state index >= 15 is 0 Å². The van der Waals surface area contributed by atoms with Gasteiger partial charge >= 0.3 is 0 Å². The quantitative estimate of drug-likeness (QED) is 0.652. The minimum Gasteiger partial charge on any atom is -0.343 e. The predicted octanol–water partition coefficient (Wildman–Crippen LogP) is 3.76. The van der Waals surface area contributed by atoms with Crippen LogP contribution >= 0.6 is 11.5 Å². The molecule has 0 radical (unpaired) electrons. The number of hydrogen-bond donors (Lipinski definition) is 0. The Balaban J connectivity index is 1.39. The molecule has 0 saturated carbocycles. The molecule has 3 aromatic rings. The number of carbonyl (C=O) groups is 1. The van der Waals surface area contributed by atoms with Crippen LogP contribution in [0.15, 0.2) is 48.5 Å². The monoisotopic (exact) mass is 414 g/mol. The Morgan fingerprint density at radius 2 is 1.72 bits per heavy atom. The topological polar surface area (TPSA) is 49.3 Å². The smallest absolute Gasteiger partial charge is 0.254 e. The van der Waals surface area contributed by atoms with Crippen molar-refractivity contribution < 1.29 is 13.6 Å². The first kappa shape index (κ1) is 19.4. The molecule has 2 aromatic carbocycles. The summed E-state index contributed by atoms with van der Waals surface area (Å²) < 4.78 is 30.6. The average molecular weight is 414 g/mol. The summed E-state index contributed by atoms with van der Waals surface area (Å²) in [6.07, 6.45) is 0.551. The van der Waals surface area contributed by atoms with Crippen LogP contribution in [0.4, 0.5) is 13.9 Å². The summed E-state index contributed by atoms with van der Waals surface area (Å²) in [7, 11) is 0. The van der Waals surface area contributed by atoms with Gasteiger partial charge in [0.1, 0.15) is 17.5 Å². The van der Waals surface area contributed by atoms with Crippen LogP contribution in [-0.4, -0.2) is 45.8 Å². The Labute approximate surface area is 171 Å². The number of aromatic nitrogens is 2. The number of rotatable bonds is 4. The van der Waals surface area contributed by atoms with Gasteiger partial charge < -0.3 is 9.80 Å². The number of benzene rings is 2. The lowest BCUT2D eigenvalue weighted by Gasteiger charge is -2.39. The third kappa shape index (κ3) is 4.42. The van der Waals surface area contributed by atoms with Gasteiger partial charge in [-0.25, -0.2) is 13.8 Å². The van der Waals surface area contributed by atoms with E-state index in [2.05, 4.69) is 14.3 Å². The molecule has 8 heteroatoms. The second-order valence-electron chi connectivity index (χ2n) is 7.10. The number of amides is 1. The third-order valence-electron chi connectivity index (χ3n) is 4.98. The summed E-state index contributed by atoms with van der Waals surface area (Å²) >= 11 is 1.33. The number of halogens is 2. The molecule has 29 heavy (non-hydrogen) atoms. The summed E-state index contributed by atoms with van der Waals surface area (Å²) in [6, 6.07) is 12.0. The van der Waals surface area contributed by atoms with Crippen molar-refractivity contribution in [2.45, 2.75) is 19.4 Å². The minimum absolute atomic E-state index is 0.00856. The van der Waals surface area contributed by atoms with Crippen molar-refractivity contribution in [2.24, 2.45) is 0 Å². The van der Waals surface area contributed by atoms with Crippen LogP contribution in [0.2, 0.25) is 0 Å². The van der Waals surface area contributed by atoms with Gasteiger partial charge in [0.05, 0.1) is 0 Å². The first-order chi connectivity index (χ1) is 14.0. The fourth-order valence-corrected chi connectivity index (χ4v) is 4.14. The fraction of sp³-hybridized carbons (Fsp3) is 0.286. The second-order valence-corrected chi connectivity index (χ2v) is 7.83. The molecule has 4 rings (SSSR count). The molecule has 150 valence electrons. The van der Waals surface area contributed by atoms with E-state index < -0.39 is 0 Å². The molecule has 0 spiro atoms. The summed E-state index contributed by atoms with van der Waals surface area (Å²) in [5, 5.41) is 0.822. The van der Waals surface area contributed by atoms with Crippen LogP contribution < -0.4 is 4.90 Å². The Kier molecular flexibility index (Phi) is 5.53. The van der Waals surface area contributed by atoms with Crippen LogP contribution in [0.1, 0.15) is 28.7 Å². The van der Waals surface area contributed by atoms with Gasteiger partial charge in [-0.15, -0.1) is 0 Å².